The molecule has 6 atom stereocenters. The molecule has 3 saturated heterocycles. The van der Waals surface area contributed by atoms with E-state index in [2.05, 4.69) is 15.5 Å². The van der Waals surface area contributed by atoms with Crippen LogP contribution in [0.5, 0.6) is 0 Å². The van der Waals surface area contributed by atoms with Gasteiger partial charge in [0.05, 0.1) is 66.5 Å². The number of esters is 2. The van der Waals surface area contributed by atoms with Gasteiger partial charge in [0, 0.05) is 30.1 Å². The number of thiazole rings is 1. The van der Waals surface area contributed by atoms with Crippen molar-refractivity contribution in [2.24, 2.45) is 23.7 Å². The Morgan fingerprint density at radius 2 is 1.13 bits per heavy atom. The highest BCUT2D eigenvalue weighted by atomic mass is 32.1. The number of nitro benzene ring substituents is 2. The van der Waals surface area contributed by atoms with Crippen molar-refractivity contribution in [3.63, 3.8) is 0 Å². The molecule has 0 saturated carbocycles. The third-order valence-electron chi connectivity index (χ3n) is 14.3. The van der Waals surface area contributed by atoms with Gasteiger partial charge < -0.3 is 34.8 Å². The molecule has 376 valence electrons. The van der Waals surface area contributed by atoms with Crippen LogP contribution in [0.2, 0.25) is 0 Å². The predicted molar refractivity (Wildman–Crippen MR) is 259 cm³/mol. The second-order valence-corrected chi connectivity index (χ2v) is 20.3. The molecule has 0 radical (unpaired) electrons. The van der Waals surface area contributed by atoms with E-state index in [0.717, 1.165) is 36.3 Å². The number of nitro groups is 2. The smallest absolute Gasteiger partial charge is 0.306 e. The van der Waals surface area contributed by atoms with Gasteiger partial charge in [0.1, 0.15) is 23.5 Å². The van der Waals surface area contributed by atoms with E-state index in [9.17, 15) is 49.0 Å². The molecule has 4 aliphatic rings. The fraction of sp³-hybridized carbons (Fsp3) is 0.571. The number of fused-ring (bicyclic) bond motifs is 1. The van der Waals surface area contributed by atoms with Gasteiger partial charge in [-0.05, 0) is 99.3 Å². The maximum atomic E-state index is 13.9. The van der Waals surface area contributed by atoms with Crippen molar-refractivity contribution in [3.8, 4) is 0 Å². The number of carbonyl (C=O) groups is 6. The molecule has 20 nitrogen and oxygen atoms in total. The van der Waals surface area contributed by atoms with Crippen molar-refractivity contribution in [1.82, 2.24) is 14.8 Å². The fourth-order valence-corrected chi connectivity index (χ4v) is 11.7. The number of aromatic nitrogens is 1. The van der Waals surface area contributed by atoms with Crippen molar-refractivity contribution in [2.45, 2.75) is 129 Å². The third kappa shape index (κ3) is 10.9. The Labute approximate surface area is 410 Å². The summed E-state index contributed by atoms with van der Waals surface area (Å²) < 4.78 is 9.63. The van der Waals surface area contributed by atoms with E-state index in [-0.39, 0.29) is 59.2 Å². The summed E-state index contributed by atoms with van der Waals surface area (Å²) in [6, 6.07) is 6.54. The SMILES string of the molecule is COC(=O)C[C@H](C(=O)N1CCCC1C(=O)Nc1ccc([C@H]2CC[C@H](c3ccc(NC(=O)[C@@H]4CCCN4C(=O)[C@@H](CC(=O)OC)C(C)C)c([N+](=O)[O-])c3)N2c2nc3c(s2)CCCC3)cc1[N+](=O)[O-])C(C)C. The highest BCUT2D eigenvalue weighted by molar-refractivity contribution is 7.15. The van der Waals surface area contributed by atoms with Crippen molar-refractivity contribution in [2.75, 3.05) is 42.8 Å². The first kappa shape index (κ1) is 51.3. The van der Waals surface area contributed by atoms with Gasteiger partial charge in [0.2, 0.25) is 23.6 Å². The van der Waals surface area contributed by atoms with Gasteiger partial charge in [0.15, 0.2) is 5.13 Å². The molecular formula is C49H62N8O12S. The maximum absolute atomic E-state index is 13.9. The van der Waals surface area contributed by atoms with Crippen LogP contribution >= 0.6 is 11.3 Å². The quantitative estimate of drug-likeness (QED) is 0.0757. The highest BCUT2D eigenvalue weighted by Gasteiger charge is 2.43. The third-order valence-corrected chi connectivity index (χ3v) is 15.5. The lowest BCUT2D eigenvalue weighted by Gasteiger charge is -2.31. The van der Waals surface area contributed by atoms with E-state index >= 15 is 0 Å². The molecule has 0 bridgehead atoms. The summed E-state index contributed by atoms with van der Waals surface area (Å²) in [6.07, 6.45) is 6.11. The Morgan fingerprint density at radius 3 is 1.53 bits per heavy atom. The minimum absolute atomic E-state index is 0.0434. The largest absolute Gasteiger partial charge is 0.469 e. The summed E-state index contributed by atoms with van der Waals surface area (Å²) in [7, 11) is 2.50. The predicted octanol–water partition coefficient (Wildman–Crippen LogP) is 7.45. The summed E-state index contributed by atoms with van der Waals surface area (Å²) in [5.74, 6) is -4.80. The van der Waals surface area contributed by atoms with Gasteiger partial charge in [-0.2, -0.15) is 0 Å². The molecule has 1 aromatic heterocycles. The number of rotatable bonds is 17. The molecule has 2 aromatic carbocycles. The van der Waals surface area contributed by atoms with Crippen molar-refractivity contribution in [1.29, 1.82) is 0 Å². The van der Waals surface area contributed by atoms with Crippen LogP contribution in [0.4, 0.5) is 27.9 Å². The zero-order valence-corrected chi connectivity index (χ0v) is 41.3. The summed E-state index contributed by atoms with van der Waals surface area (Å²) in [5.41, 5.74) is 1.34. The molecule has 3 aromatic rings. The topological polar surface area (TPSA) is 254 Å². The molecule has 2 N–H and O–H groups in total. The standard InChI is InChI=1S/C49H62N8O12S/c1-27(2)31(25-43(58)68-5)47(62)53-21-9-12-38(53)45(60)50-33-17-15-29(23-40(33)56(64)65)36-19-20-37(55(36)49-52-35-11-7-8-14-42(35)70-49)30-16-18-34(41(24-30)57(66)67)51-46(61)39-13-10-22-54(39)48(63)32(28(3)4)26-44(59)69-6/h15-18,23-24,27-28,31-32,36-39H,7-14,19-22,25-26H2,1-6H3,(H,50,60)(H,51,61)/t31-,32-,36+,37+,38-,39?/m0/s1. The number of nitrogens with one attached hydrogen (secondary N) is 2. The lowest BCUT2D eigenvalue weighted by Crippen LogP contribution is -2.47. The molecule has 4 amide bonds. The fourth-order valence-electron chi connectivity index (χ4n) is 10.4. The molecule has 21 heteroatoms. The molecule has 7 rings (SSSR count). The maximum Gasteiger partial charge on any atom is 0.306 e. The van der Waals surface area contributed by atoms with Crippen LogP contribution in [0.25, 0.3) is 0 Å². The Hall–Kier alpha value is -6.51. The van der Waals surface area contributed by atoms with Gasteiger partial charge in [-0.1, -0.05) is 39.8 Å². The van der Waals surface area contributed by atoms with Crippen molar-refractivity contribution in [3.05, 3.63) is 78.3 Å². The van der Waals surface area contributed by atoms with Crippen LogP contribution in [0.15, 0.2) is 36.4 Å². The lowest BCUT2D eigenvalue weighted by molar-refractivity contribution is -0.384. The molecule has 1 aliphatic carbocycles. The number of methoxy groups -OCH3 is 2. The first-order valence-corrected chi connectivity index (χ1v) is 24.9. The molecule has 0 spiro atoms. The van der Waals surface area contributed by atoms with E-state index in [1.54, 1.807) is 12.1 Å². The minimum Gasteiger partial charge on any atom is -0.469 e. The summed E-state index contributed by atoms with van der Waals surface area (Å²) in [6.45, 7) is 7.86. The number of carbonyl (C=O) groups excluding carboxylic acids is 6. The van der Waals surface area contributed by atoms with Crippen molar-refractivity contribution < 1.29 is 48.1 Å². The molecular weight excluding hydrogens is 925 g/mol. The second kappa shape index (κ2) is 22.1. The number of anilines is 3. The zero-order valence-electron chi connectivity index (χ0n) is 40.5. The van der Waals surface area contributed by atoms with Crippen LogP contribution < -0.4 is 15.5 Å². The van der Waals surface area contributed by atoms with Crippen LogP contribution in [0.3, 0.4) is 0 Å². The van der Waals surface area contributed by atoms with Gasteiger partial charge in [-0.25, -0.2) is 4.98 Å². The van der Waals surface area contributed by atoms with Crippen LogP contribution in [0.1, 0.15) is 126 Å². The Morgan fingerprint density at radius 1 is 0.686 bits per heavy atom. The Bertz CT molecular complexity index is 2360. The Balaban J connectivity index is 1.15. The highest BCUT2D eigenvalue weighted by Crippen LogP contribution is 2.50. The van der Waals surface area contributed by atoms with E-state index in [1.165, 1.54) is 59.6 Å². The summed E-state index contributed by atoms with van der Waals surface area (Å²) in [5, 5.41) is 31.7. The van der Waals surface area contributed by atoms with E-state index in [0.29, 0.717) is 67.9 Å². The lowest BCUT2D eigenvalue weighted by atomic mass is 9.90. The molecule has 4 heterocycles. The van der Waals surface area contributed by atoms with E-state index in [1.807, 2.05) is 27.7 Å². The number of ether oxygens (including phenoxy) is 2. The summed E-state index contributed by atoms with van der Waals surface area (Å²) in [4.78, 5) is 115. The first-order chi connectivity index (χ1) is 33.4. The van der Waals surface area contributed by atoms with E-state index in [4.69, 9.17) is 14.5 Å². The second-order valence-electron chi connectivity index (χ2n) is 19.3. The minimum atomic E-state index is -0.903. The number of likely N-dealkylation sites (tertiary alicyclic amines) is 2. The average molecular weight is 987 g/mol. The number of benzene rings is 2. The van der Waals surface area contributed by atoms with Gasteiger partial charge in [0.25, 0.3) is 11.4 Å². The molecule has 3 aliphatic heterocycles. The first-order valence-electron chi connectivity index (χ1n) is 24.1. The van der Waals surface area contributed by atoms with Gasteiger partial charge >= 0.3 is 11.9 Å². The van der Waals surface area contributed by atoms with Crippen LogP contribution in [0, 0.1) is 43.9 Å². The number of hydrogen-bond acceptors (Lipinski definition) is 15. The van der Waals surface area contributed by atoms with Crippen LogP contribution in [-0.2, 0) is 51.1 Å². The molecule has 1 unspecified atom stereocenters. The molecule has 70 heavy (non-hydrogen) atoms. The number of nitrogens with zero attached hydrogens (tertiary/aromatic N) is 6. The molecule has 3 fully saturated rings. The van der Waals surface area contributed by atoms with Crippen molar-refractivity contribution >= 4 is 74.8 Å². The van der Waals surface area contributed by atoms with Gasteiger partial charge in [-0.3, -0.25) is 49.0 Å². The van der Waals surface area contributed by atoms with Crippen LogP contribution in [-0.4, -0.2) is 99.6 Å². The number of aryl methyl sites for hydroxylation is 2. The summed E-state index contributed by atoms with van der Waals surface area (Å²) >= 11 is 1.54. The number of hydrogen-bond donors (Lipinski definition) is 2. The van der Waals surface area contributed by atoms with Gasteiger partial charge in [-0.15, -0.1) is 11.3 Å². The van der Waals surface area contributed by atoms with E-state index < -0.39 is 69.6 Å². The number of amides is 4. The monoisotopic (exact) mass is 986 g/mol. The zero-order chi connectivity index (χ0) is 50.6. The normalized spacial score (nSPS) is 20.8. The average Bonchev–Trinajstić information content (AvgIpc) is 4.18. The Kier molecular flexibility index (Phi) is 16.2.